The number of amides is 1. The number of benzene rings is 1. The molecule has 104 valence electrons. The number of alkyl halides is 1. The predicted octanol–water partition coefficient (Wildman–Crippen LogP) is 3.14. The molecule has 1 aromatic rings. The fourth-order valence-electron chi connectivity index (χ4n) is 1.31. The molecule has 1 heterocycles. The summed E-state index contributed by atoms with van der Waals surface area (Å²) in [6.45, 7) is 0. The molecule has 0 fully saturated rings. The largest absolute Gasteiger partial charge is 0.271 e. The third-order valence-corrected chi connectivity index (χ3v) is 3.87. The van der Waals surface area contributed by atoms with Crippen molar-refractivity contribution in [1.82, 2.24) is 5.43 Å². The maximum absolute atomic E-state index is 11.2. The smallest absolute Gasteiger partial charge is 0.264 e. The lowest BCUT2D eigenvalue weighted by molar-refractivity contribution is -0.119. The lowest BCUT2D eigenvalue weighted by atomic mass is 10.2. The maximum atomic E-state index is 11.2. The Morgan fingerprint density at radius 1 is 1.25 bits per heavy atom. The number of hydrazone groups is 1. The molecule has 5 nitrogen and oxygen atoms in total. The molecule has 0 aliphatic carbocycles. The van der Waals surface area contributed by atoms with E-state index in [1.807, 2.05) is 0 Å². The third kappa shape index (κ3) is 3.30. The van der Waals surface area contributed by atoms with Crippen LogP contribution in [0.1, 0.15) is 5.56 Å². The number of hydrogen-bond donors (Lipinski definition) is 1. The van der Waals surface area contributed by atoms with Gasteiger partial charge in [0.2, 0.25) is 0 Å². The highest BCUT2D eigenvalue weighted by molar-refractivity contribution is 6.54. The Hall–Kier alpha value is -1.14. The average molecular weight is 352 g/mol. The molecule has 1 unspecified atom stereocenters. The molecule has 1 N–H and O–H groups in total. The summed E-state index contributed by atoms with van der Waals surface area (Å²) in [4.78, 5) is 11.2. The molecule has 1 aromatic carbocycles. The van der Waals surface area contributed by atoms with Crippen LogP contribution < -0.4 is 5.43 Å². The molecule has 0 spiro atoms. The van der Waals surface area contributed by atoms with Gasteiger partial charge in [0.05, 0.1) is 27.5 Å². The lowest BCUT2D eigenvalue weighted by Crippen LogP contribution is -2.38. The second-order valence-electron chi connectivity index (χ2n) is 3.62. The van der Waals surface area contributed by atoms with Crippen molar-refractivity contribution in [3.05, 3.63) is 32.8 Å². The van der Waals surface area contributed by atoms with Crippen molar-refractivity contribution in [2.75, 3.05) is 0 Å². The predicted molar refractivity (Wildman–Crippen MR) is 82.8 cm³/mol. The van der Waals surface area contributed by atoms with Crippen molar-refractivity contribution in [1.29, 1.82) is 0 Å². The summed E-state index contributed by atoms with van der Waals surface area (Å²) in [5.74, 6) is -0.470. The minimum absolute atomic E-state index is 0.209. The van der Waals surface area contributed by atoms with Crippen LogP contribution in [0.4, 0.5) is 0 Å². The van der Waals surface area contributed by atoms with Crippen molar-refractivity contribution < 1.29 is 4.79 Å². The number of nitrogens with zero attached hydrogens (tertiary/aromatic N) is 3. The molecule has 0 saturated carbocycles. The van der Waals surface area contributed by atoms with Gasteiger partial charge in [-0.15, -0.1) is 11.6 Å². The van der Waals surface area contributed by atoms with Crippen LogP contribution in [0, 0.1) is 0 Å². The van der Waals surface area contributed by atoms with Crippen LogP contribution in [0.5, 0.6) is 0 Å². The van der Waals surface area contributed by atoms with E-state index >= 15 is 0 Å². The molecule has 1 aliphatic rings. The summed E-state index contributed by atoms with van der Waals surface area (Å²) in [6, 6.07) is 3.16. The van der Waals surface area contributed by atoms with Gasteiger partial charge in [0.1, 0.15) is 5.71 Å². The van der Waals surface area contributed by atoms with Crippen LogP contribution in [-0.2, 0) is 4.79 Å². The number of rotatable bonds is 2. The van der Waals surface area contributed by atoms with Crippen LogP contribution in [0.25, 0.3) is 0 Å². The van der Waals surface area contributed by atoms with Crippen LogP contribution in [0.2, 0.25) is 15.1 Å². The molecule has 20 heavy (non-hydrogen) atoms. The molecule has 1 atom stereocenters. The molecule has 1 aliphatic heterocycles. The summed E-state index contributed by atoms with van der Waals surface area (Å²) < 4.78 is 0. The molecule has 0 bridgehead atoms. The number of carbonyl (C=O) groups is 1. The van der Waals surface area contributed by atoms with E-state index in [1.54, 1.807) is 12.1 Å². The molecular weight excluding hydrogens is 346 g/mol. The second-order valence-corrected chi connectivity index (χ2v) is 5.25. The highest BCUT2D eigenvalue weighted by Crippen LogP contribution is 2.30. The van der Waals surface area contributed by atoms with Gasteiger partial charge in [-0.3, -0.25) is 4.79 Å². The van der Waals surface area contributed by atoms with Crippen LogP contribution in [-0.4, -0.2) is 29.4 Å². The van der Waals surface area contributed by atoms with E-state index in [1.165, 1.54) is 12.4 Å². The van der Waals surface area contributed by atoms with Crippen molar-refractivity contribution in [2.45, 2.75) is 5.38 Å². The van der Waals surface area contributed by atoms with Crippen molar-refractivity contribution in [3.8, 4) is 0 Å². The zero-order chi connectivity index (χ0) is 14.7. The summed E-state index contributed by atoms with van der Waals surface area (Å²) in [6.07, 6.45) is 2.63. The molecule has 0 aromatic heterocycles. The Morgan fingerprint density at radius 2 is 1.95 bits per heavy atom. The van der Waals surface area contributed by atoms with E-state index in [0.717, 1.165) is 0 Å². The summed E-state index contributed by atoms with van der Waals surface area (Å²) in [7, 11) is 0. The zero-order valence-electron chi connectivity index (χ0n) is 9.65. The monoisotopic (exact) mass is 350 g/mol. The lowest BCUT2D eigenvalue weighted by Gasteiger charge is -2.10. The highest BCUT2D eigenvalue weighted by atomic mass is 35.5. The Kier molecular flexibility index (Phi) is 4.99. The topological polar surface area (TPSA) is 66.2 Å². The summed E-state index contributed by atoms with van der Waals surface area (Å²) in [5.41, 5.74) is 2.84. The minimum atomic E-state index is -0.949. The second kappa shape index (κ2) is 6.54. The number of halogens is 4. The minimum Gasteiger partial charge on any atom is -0.271 e. The Bertz CT molecular complexity index is 642. The summed E-state index contributed by atoms with van der Waals surface area (Å²) in [5, 5.41) is 11.2. The van der Waals surface area contributed by atoms with E-state index in [-0.39, 0.29) is 10.7 Å². The normalized spacial score (nSPS) is 20.7. The van der Waals surface area contributed by atoms with E-state index in [2.05, 4.69) is 20.7 Å². The number of hydrogen-bond acceptors (Lipinski definition) is 4. The van der Waals surface area contributed by atoms with Crippen LogP contribution >= 0.6 is 46.4 Å². The summed E-state index contributed by atoms with van der Waals surface area (Å²) >= 11 is 23.7. The standard InChI is InChI=1S/C11H6Cl4N4O/c12-6-1-2-7(13)9(14)5(6)3-16-18-8-4-17-19-11(20)10(8)15/h1-4,10H,(H,19,20)/b16-3-,18-8-. The van der Waals surface area contributed by atoms with Gasteiger partial charge in [0.25, 0.3) is 5.91 Å². The first-order valence-corrected chi connectivity index (χ1v) is 6.79. The van der Waals surface area contributed by atoms with Crippen molar-refractivity contribution >= 4 is 70.5 Å². The fourth-order valence-corrected chi connectivity index (χ4v) is 2.09. The third-order valence-electron chi connectivity index (χ3n) is 2.30. The maximum Gasteiger partial charge on any atom is 0.264 e. The molecule has 1 amide bonds. The first-order chi connectivity index (χ1) is 9.50. The van der Waals surface area contributed by atoms with Crippen molar-refractivity contribution in [2.24, 2.45) is 15.3 Å². The van der Waals surface area contributed by atoms with E-state index in [0.29, 0.717) is 15.6 Å². The van der Waals surface area contributed by atoms with Gasteiger partial charge < -0.3 is 0 Å². The molecule has 0 saturated heterocycles. The molecule has 0 radical (unpaired) electrons. The van der Waals surface area contributed by atoms with Gasteiger partial charge in [0, 0.05) is 5.56 Å². The zero-order valence-corrected chi connectivity index (χ0v) is 12.7. The van der Waals surface area contributed by atoms with E-state index < -0.39 is 11.3 Å². The van der Waals surface area contributed by atoms with E-state index in [4.69, 9.17) is 46.4 Å². The molecule has 2 rings (SSSR count). The first-order valence-electron chi connectivity index (χ1n) is 5.22. The van der Waals surface area contributed by atoms with Gasteiger partial charge in [0.15, 0.2) is 5.38 Å². The Labute approximate surface area is 134 Å². The van der Waals surface area contributed by atoms with Crippen molar-refractivity contribution in [3.63, 3.8) is 0 Å². The number of nitrogens with one attached hydrogen (secondary N) is 1. The van der Waals surface area contributed by atoms with Gasteiger partial charge in [-0.05, 0) is 12.1 Å². The quantitative estimate of drug-likeness (QED) is 0.378. The van der Waals surface area contributed by atoms with Crippen LogP contribution in [0.15, 0.2) is 27.4 Å². The van der Waals surface area contributed by atoms with Crippen LogP contribution in [0.3, 0.4) is 0 Å². The average Bonchev–Trinajstić information content (AvgIpc) is 2.43. The highest BCUT2D eigenvalue weighted by Gasteiger charge is 2.23. The van der Waals surface area contributed by atoms with E-state index in [9.17, 15) is 4.79 Å². The molecule has 9 heteroatoms. The van der Waals surface area contributed by atoms with Gasteiger partial charge in [-0.2, -0.15) is 15.3 Å². The number of carbonyl (C=O) groups excluding carboxylic acids is 1. The first kappa shape index (κ1) is 15.3. The van der Waals surface area contributed by atoms with Gasteiger partial charge >= 0.3 is 0 Å². The SMILES string of the molecule is O=C1NN=C/C(=N/N=C\c2c(Cl)ccc(Cl)c2Cl)C1Cl. The van der Waals surface area contributed by atoms with Gasteiger partial charge in [-0.1, -0.05) is 34.8 Å². The Balaban J connectivity index is 2.27. The Morgan fingerprint density at radius 3 is 2.70 bits per heavy atom. The molecular formula is C11H6Cl4N4O. The fraction of sp³-hybridized carbons (Fsp3) is 0.0909. The van der Waals surface area contributed by atoms with Gasteiger partial charge in [-0.25, -0.2) is 5.43 Å².